The number of hydrogen-bond donors (Lipinski definition) is 3. The summed E-state index contributed by atoms with van der Waals surface area (Å²) in [5, 5.41) is 14.4. The van der Waals surface area contributed by atoms with Crippen molar-refractivity contribution < 1.29 is 24.2 Å². The highest BCUT2D eigenvalue weighted by molar-refractivity contribution is 5.91. The van der Waals surface area contributed by atoms with Crippen LogP contribution in [0.2, 0.25) is 0 Å². The van der Waals surface area contributed by atoms with E-state index in [1.54, 1.807) is 29.2 Å². The number of hydrogen-bond acceptors (Lipinski definition) is 4. The molecule has 0 saturated carbocycles. The Labute approximate surface area is 165 Å². The summed E-state index contributed by atoms with van der Waals surface area (Å²) in [7, 11) is 0. The maximum absolute atomic E-state index is 12.3. The van der Waals surface area contributed by atoms with Crippen LogP contribution in [-0.2, 0) is 9.59 Å². The number of benzene rings is 1. The molecule has 0 spiro atoms. The number of carbonyl (C=O) groups excluding carboxylic acids is 2. The molecule has 1 aromatic rings. The predicted molar refractivity (Wildman–Crippen MR) is 105 cm³/mol. The fourth-order valence-corrected chi connectivity index (χ4v) is 3.07. The molecule has 0 aromatic heterocycles. The number of ether oxygens (including phenoxy) is 1. The Morgan fingerprint density at radius 2 is 1.96 bits per heavy atom. The molecule has 1 aliphatic heterocycles. The van der Waals surface area contributed by atoms with E-state index in [0.717, 1.165) is 19.4 Å². The minimum Gasteiger partial charge on any atom is -0.482 e. The van der Waals surface area contributed by atoms with Gasteiger partial charge >= 0.3 is 12.0 Å². The van der Waals surface area contributed by atoms with Gasteiger partial charge in [0.25, 0.3) is 0 Å². The summed E-state index contributed by atoms with van der Waals surface area (Å²) in [6, 6.07) is 6.50. The van der Waals surface area contributed by atoms with Crippen molar-refractivity contribution in [1.82, 2.24) is 10.2 Å². The number of carboxylic acids is 1. The largest absolute Gasteiger partial charge is 0.482 e. The number of piperidine rings is 1. The Balaban J connectivity index is 1.78. The SMILES string of the molecule is CC(C)CNC(=O)N1CCCC(CC(=O)Nc2ccc(OCC(=O)O)cc2)C1. The van der Waals surface area contributed by atoms with Gasteiger partial charge in [-0.15, -0.1) is 0 Å². The average molecular weight is 391 g/mol. The molecule has 3 amide bonds. The summed E-state index contributed by atoms with van der Waals surface area (Å²) in [6.07, 6.45) is 2.16. The monoisotopic (exact) mass is 391 g/mol. The lowest BCUT2D eigenvalue weighted by atomic mass is 9.94. The lowest BCUT2D eigenvalue weighted by Gasteiger charge is -2.32. The van der Waals surface area contributed by atoms with Gasteiger partial charge in [0.2, 0.25) is 5.91 Å². The van der Waals surface area contributed by atoms with Crippen molar-refractivity contribution in [2.45, 2.75) is 33.1 Å². The van der Waals surface area contributed by atoms with Gasteiger partial charge in [-0.2, -0.15) is 0 Å². The molecule has 1 aromatic carbocycles. The van der Waals surface area contributed by atoms with E-state index in [4.69, 9.17) is 9.84 Å². The summed E-state index contributed by atoms with van der Waals surface area (Å²) < 4.78 is 5.06. The standard InChI is InChI=1S/C20H29N3O5/c1-14(2)11-21-20(27)23-9-3-4-15(12-23)10-18(24)22-16-5-7-17(8-6-16)28-13-19(25)26/h5-8,14-15H,3-4,9-13H2,1-2H3,(H,21,27)(H,22,24)(H,25,26). The molecule has 0 bridgehead atoms. The Morgan fingerprint density at radius 1 is 1.25 bits per heavy atom. The van der Waals surface area contributed by atoms with Gasteiger partial charge in [-0.25, -0.2) is 9.59 Å². The quantitative estimate of drug-likeness (QED) is 0.631. The van der Waals surface area contributed by atoms with Crippen LogP contribution in [0.4, 0.5) is 10.5 Å². The van der Waals surface area contributed by atoms with Gasteiger partial charge in [0.05, 0.1) is 0 Å². The number of carbonyl (C=O) groups is 3. The van der Waals surface area contributed by atoms with Crippen LogP contribution in [0, 0.1) is 11.8 Å². The zero-order chi connectivity index (χ0) is 20.5. The second-order valence-electron chi connectivity index (χ2n) is 7.49. The highest BCUT2D eigenvalue weighted by Crippen LogP contribution is 2.21. The second-order valence-corrected chi connectivity index (χ2v) is 7.49. The number of nitrogens with zero attached hydrogens (tertiary/aromatic N) is 1. The number of rotatable bonds is 8. The van der Waals surface area contributed by atoms with Crippen LogP contribution in [0.5, 0.6) is 5.75 Å². The van der Waals surface area contributed by atoms with Gasteiger partial charge in [0.1, 0.15) is 5.75 Å². The third kappa shape index (κ3) is 7.46. The van der Waals surface area contributed by atoms with E-state index >= 15 is 0 Å². The highest BCUT2D eigenvalue weighted by Gasteiger charge is 2.25. The maximum atomic E-state index is 12.3. The average Bonchev–Trinajstić information content (AvgIpc) is 2.65. The Morgan fingerprint density at radius 3 is 2.61 bits per heavy atom. The van der Waals surface area contributed by atoms with Crippen molar-refractivity contribution in [3.8, 4) is 5.75 Å². The first kappa shape index (κ1) is 21.5. The molecular weight excluding hydrogens is 362 g/mol. The number of carboxylic acid groups (broad SMARTS) is 1. The van der Waals surface area contributed by atoms with E-state index in [2.05, 4.69) is 24.5 Å². The van der Waals surface area contributed by atoms with Gasteiger partial charge < -0.3 is 25.4 Å². The van der Waals surface area contributed by atoms with Gasteiger partial charge in [0.15, 0.2) is 6.61 Å². The summed E-state index contributed by atoms with van der Waals surface area (Å²) >= 11 is 0. The zero-order valence-electron chi connectivity index (χ0n) is 16.4. The van der Waals surface area contributed by atoms with Crippen molar-refractivity contribution in [1.29, 1.82) is 0 Å². The first-order valence-corrected chi connectivity index (χ1v) is 9.60. The molecule has 8 nitrogen and oxygen atoms in total. The van der Waals surface area contributed by atoms with Gasteiger partial charge in [-0.05, 0) is 48.9 Å². The molecule has 154 valence electrons. The molecular formula is C20H29N3O5. The van der Waals surface area contributed by atoms with Crippen molar-refractivity contribution in [2.24, 2.45) is 11.8 Å². The van der Waals surface area contributed by atoms with Crippen molar-refractivity contribution in [2.75, 3.05) is 31.6 Å². The van der Waals surface area contributed by atoms with Gasteiger partial charge in [0, 0.05) is 31.7 Å². The third-order valence-electron chi connectivity index (χ3n) is 4.44. The van der Waals surface area contributed by atoms with E-state index in [1.165, 1.54) is 0 Å². The molecule has 2 rings (SSSR count). The molecule has 1 saturated heterocycles. The summed E-state index contributed by atoms with van der Waals surface area (Å²) in [6.45, 7) is 5.64. The van der Waals surface area contributed by atoms with E-state index in [1.807, 2.05) is 0 Å². The van der Waals surface area contributed by atoms with Crippen LogP contribution < -0.4 is 15.4 Å². The Bertz CT molecular complexity index is 675. The number of urea groups is 1. The van der Waals surface area contributed by atoms with Crippen molar-refractivity contribution in [3.63, 3.8) is 0 Å². The van der Waals surface area contributed by atoms with Crippen LogP contribution in [0.15, 0.2) is 24.3 Å². The Hall–Kier alpha value is -2.77. The maximum Gasteiger partial charge on any atom is 0.341 e. The van der Waals surface area contributed by atoms with Crippen LogP contribution in [0.25, 0.3) is 0 Å². The lowest BCUT2D eigenvalue weighted by Crippen LogP contribution is -2.46. The molecule has 28 heavy (non-hydrogen) atoms. The minimum absolute atomic E-state index is 0.0595. The Kier molecular flexibility index (Phi) is 8.10. The molecule has 8 heteroatoms. The van der Waals surface area contributed by atoms with Crippen LogP contribution in [0.3, 0.4) is 0 Å². The van der Waals surface area contributed by atoms with Crippen LogP contribution in [0.1, 0.15) is 33.1 Å². The molecule has 1 fully saturated rings. The smallest absolute Gasteiger partial charge is 0.341 e. The van der Waals surface area contributed by atoms with Gasteiger partial charge in [-0.3, -0.25) is 4.79 Å². The molecule has 1 atom stereocenters. The number of aliphatic carboxylic acids is 1. The van der Waals surface area contributed by atoms with Crippen molar-refractivity contribution >= 4 is 23.6 Å². The van der Waals surface area contributed by atoms with E-state index in [9.17, 15) is 14.4 Å². The second kappa shape index (κ2) is 10.5. The third-order valence-corrected chi connectivity index (χ3v) is 4.44. The van der Waals surface area contributed by atoms with E-state index < -0.39 is 12.6 Å². The molecule has 3 N–H and O–H groups in total. The molecule has 0 radical (unpaired) electrons. The van der Waals surface area contributed by atoms with E-state index in [-0.39, 0.29) is 17.9 Å². The number of anilines is 1. The topological polar surface area (TPSA) is 108 Å². The van der Waals surface area contributed by atoms with Crippen LogP contribution >= 0.6 is 0 Å². The first-order valence-electron chi connectivity index (χ1n) is 9.60. The fraction of sp³-hybridized carbons (Fsp3) is 0.550. The number of likely N-dealkylation sites (tertiary alicyclic amines) is 1. The molecule has 1 unspecified atom stereocenters. The summed E-state index contributed by atoms with van der Waals surface area (Å²) in [4.78, 5) is 36.8. The fourth-order valence-electron chi connectivity index (χ4n) is 3.07. The number of nitrogens with one attached hydrogen (secondary N) is 2. The molecule has 0 aliphatic carbocycles. The zero-order valence-corrected chi connectivity index (χ0v) is 16.4. The first-order chi connectivity index (χ1) is 13.3. The predicted octanol–water partition coefficient (Wildman–Crippen LogP) is 2.56. The minimum atomic E-state index is -1.04. The summed E-state index contributed by atoms with van der Waals surface area (Å²) in [5.74, 6) is -0.186. The summed E-state index contributed by atoms with van der Waals surface area (Å²) in [5.41, 5.74) is 0.620. The molecule has 1 heterocycles. The normalized spacial score (nSPS) is 16.5. The van der Waals surface area contributed by atoms with Crippen molar-refractivity contribution in [3.05, 3.63) is 24.3 Å². The van der Waals surface area contributed by atoms with Crippen LogP contribution in [-0.4, -0.2) is 54.2 Å². The van der Waals surface area contributed by atoms with Gasteiger partial charge in [-0.1, -0.05) is 13.8 Å². The molecule has 1 aliphatic rings. The highest BCUT2D eigenvalue weighted by atomic mass is 16.5. The van der Waals surface area contributed by atoms with E-state index in [0.29, 0.717) is 36.9 Å². The lowest BCUT2D eigenvalue weighted by molar-refractivity contribution is -0.139. The number of amides is 3.